The van der Waals surface area contributed by atoms with Gasteiger partial charge in [0.25, 0.3) is 11.8 Å². The van der Waals surface area contributed by atoms with Gasteiger partial charge in [0.05, 0.1) is 12.7 Å². The van der Waals surface area contributed by atoms with Crippen molar-refractivity contribution in [3.63, 3.8) is 0 Å². The number of benzene rings is 1. The number of hydrogen-bond donors (Lipinski definition) is 2. The lowest BCUT2D eigenvalue weighted by molar-refractivity contribution is -0.137. The monoisotopic (exact) mass is 409 g/mol. The maximum atomic E-state index is 13.3. The van der Waals surface area contributed by atoms with Gasteiger partial charge < -0.3 is 20.1 Å². The molecule has 2 heterocycles. The SMILES string of the molecule is COc1ncccc1NC(=O)c1cc(NC(=O)[C@@H]2CCCO2)cc(C(F)(F)F)c1. The molecule has 1 aliphatic heterocycles. The lowest BCUT2D eigenvalue weighted by Crippen LogP contribution is -2.27. The van der Waals surface area contributed by atoms with E-state index in [1.54, 1.807) is 0 Å². The van der Waals surface area contributed by atoms with Crippen LogP contribution in [-0.2, 0) is 15.7 Å². The first kappa shape index (κ1) is 20.6. The summed E-state index contributed by atoms with van der Waals surface area (Å²) in [7, 11) is 1.35. The van der Waals surface area contributed by atoms with Crippen LogP contribution in [0.4, 0.5) is 24.5 Å². The topological polar surface area (TPSA) is 89.5 Å². The molecule has 1 aromatic heterocycles. The molecule has 154 valence electrons. The molecule has 0 spiro atoms. The Hall–Kier alpha value is -3.14. The van der Waals surface area contributed by atoms with Crippen molar-refractivity contribution in [2.75, 3.05) is 24.4 Å². The van der Waals surface area contributed by atoms with Crippen LogP contribution < -0.4 is 15.4 Å². The molecule has 7 nitrogen and oxygen atoms in total. The summed E-state index contributed by atoms with van der Waals surface area (Å²) in [4.78, 5) is 28.7. The molecule has 29 heavy (non-hydrogen) atoms. The number of hydrogen-bond acceptors (Lipinski definition) is 5. The number of nitrogens with zero attached hydrogens (tertiary/aromatic N) is 1. The maximum Gasteiger partial charge on any atom is 0.416 e. The summed E-state index contributed by atoms with van der Waals surface area (Å²) in [6.45, 7) is 0.418. The normalized spacial score (nSPS) is 16.3. The molecular weight excluding hydrogens is 391 g/mol. The molecule has 0 radical (unpaired) electrons. The largest absolute Gasteiger partial charge is 0.480 e. The average Bonchev–Trinajstić information content (AvgIpc) is 3.22. The molecule has 1 aromatic carbocycles. The van der Waals surface area contributed by atoms with Crippen molar-refractivity contribution in [3.8, 4) is 5.88 Å². The van der Waals surface area contributed by atoms with Gasteiger partial charge in [0.15, 0.2) is 0 Å². The fourth-order valence-electron chi connectivity index (χ4n) is 2.84. The number of carbonyl (C=O) groups excluding carboxylic acids is 2. The van der Waals surface area contributed by atoms with Crippen LogP contribution in [0.15, 0.2) is 36.5 Å². The Morgan fingerprint density at radius 2 is 2.03 bits per heavy atom. The van der Waals surface area contributed by atoms with Gasteiger partial charge in [0.2, 0.25) is 5.88 Å². The zero-order valence-electron chi connectivity index (χ0n) is 15.4. The molecule has 1 saturated heterocycles. The summed E-state index contributed by atoms with van der Waals surface area (Å²) in [6, 6.07) is 5.68. The van der Waals surface area contributed by atoms with Crippen LogP contribution >= 0.6 is 0 Å². The summed E-state index contributed by atoms with van der Waals surface area (Å²) < 4.78 is 50.1. The molecule has 0 unspecified atom stereocenters. The van der Waals surface area contributed by atoms with Crippen molar-refractivity contribution < 1.29 is 32.2 Å². The number of ether oxygens (including phenoxy) is 2. The molecule has 0 bridgehead atoms. The average molecular weight is 409 g/mol. The van der Waals surface area contributed by atoms with Crippen LogP contribution in [-0.4, -0.2) is 36.6 Å². The second kappa shape index (κ2) is 8.48. The summed E-state index contributed by atoms with van der Waals surface area (Å²) in [5, 5.41) is 4.86. The number of aromatic nitrogens is 1. The Kier molecular flexibility index (Phi) is 6.02. The van der Waals surface area contributed by atoms with E-state index in [1.165, 1.54) is 31.5 Å². The molecule has 2 amide bonds. The van der Waals surface area contributed by atoms with Crippen molar-refractivity contribution in [1.82, 2.24) is 4.98 Å². The number of methoxy groups -OCH3 is 1. The van der Waals surface area contributed by atoms with Crippen LogP contribution in [0.25, 0.3) is 0 Å². The first-order valence-corrected chi connectivity index (χ1v) is 8.73. The molecule has 10 heteroatoms. The van der Waals surface area contributed by atoms with E-state index in [2.05, 4.69) is 15.6 Å². The molecular formula is C19H18F3N3O4. The summed E-state index contributed by atoms with van der Waals surface area (Å²) >= 11 is 0. The number of anilines is 2. The van der Waals surface area contributed by atoms with Crippen LogP contribution in [0, 0.1) is 0 Å². The summed E-state index contributed by atoms with van der Waals surface area (Å²) in [6.07, 6.45) is -2.80. The van der Waals surface area contributed by atoms with E-state index >= 15 is 0 Å². The molecule has 2 aromatic rings. The second-order valence-electron chi connectivity index (χ2n) is 6.30. The Labute approximate surface area is 164 Å². The highest BCUT2D eigenvalue weighted by atomic mass is 19.4. The van der Waals surface area contributed by atoms with Gasteiger partial charge >= 0.3 is 6.18 Å². The zero-order valence-corrected chi connectivity index (χ0v) is 15.4. The number of halogens is 3. The minimum Gasteiger partial charge on any atom is -0.480 e. The van der Waals surface area contributed by atoms with Crippen molar-refractivity contribution in [2.45, 2.75) is 25.1 Å². The van der Waals surface area contributed by atoms with E-state index in [1.807, 2.05) is 0 Å². The van der Waals surface area contributed by atoms with Crippen molar-refractivity contribution in [3.05, 3.63) is 47.7 Å². The van der Waals surface area contributed by atoms with Crippen LogP contribution in [0.2, 0.25) is 0 Å². The number of nitrogens with one attached hydrogen (secondary N) is 2. The third kappa shape index (κ3) is 5.02. The number of amides is 2. The van der Waals surface area contributed by atoms with Crippen LogP contribution in [0.1, 0.15) is 28.8 Å². The maximum absolute atomic E-state index is 13.3. The van der Waals surface area contributed by atoms with E-state index in [0.717, 1.165) is 6.07 Å². The van der Waals surface area contributed by atoms with Crippen molar-refractivity contribution in [2.24, 2.45) is 0 Å². The van der Waals surface area contributed by atoms with E-state index in [9.17, 15) is 22.8 Å². The Morgan fingerprint density at radius 1 is 1.24 bits per heavy atom. The van der Waals surface area contributed by atoms with Crippen molar-refractivity contribution in [1.29, 1.82) is 0 Å². The van der Waals surface area contributed by atoms with Gasteiger partial charge in [-0.15, -0.1) is 0 Å². The lowest BCUT2D eigenvalue weighted by Gasteiger charge is -2.15. The molecule has 0 aliphatic carbocycles. The molecule has 1 fully saturated rings. The smallest absolute Gasteiger partial charge is 0.416 e. The van der Waals surface area contributed by atoms with E-state index in [-0.39, 0.29) is 22.8 Å². The van der Waals surface area contributed by atoms with Crippen LogP contribution in [0.5, 0.6) is 5.88 Å². The standard InChI is InChI=1S/C19H18F3N3O4/c1-28-18-14(4-2-6-23-18)25-16(26)11-8-12(19(20,21)22)10-13(9-11)24-17(27)15-5-3-7-29-15/h2,4,6,8-10,15H,3,5,7H2,1H3,(H,24,27)(H,25,26)/t15-/m0/s1. The number of pyridine rings is 1. The fourth-order valence-corrected chi connectivity index (χ4v) is 2.84. The molecule has 3 rings (SSSR count). The highest BCUT2D eigenvalue weighted by Gasteiger charge is 2.32. The first-order chi connectivity index (χ1) is 13.8. The lowest BCUT2D eigenvalue weighted by atomic mass is 10.1. The van der Waals surface area contributed by atoms with Gasteiger partial charge in [-0.1, -0.05) is 0 Å². The number of alkyl halides is 3. The molecule has 0 saturated carbocycles. The fraction of sp³-hybridized carbons (Fsp3) is 0.316. The molecule has 1 atom stereocenters. The quantitative estimate of drug-likeness (QED) is 0.789. The molecule has 1 aliphatic rings. The third-order valence-electron chi connectivity index (χ3n) is 4.22. The van der Waals surface area contributed by atoms with Gasteiger partial charge in [-0.3, -0.25) is 9.59 Å². The van der Waals surface area contributed by atoms with E-state index < -0.39 is 29.7 Å². The van der Waals surface area contributed by atoms with Crippen LogP contribution in [0.3, 0.4) is 0 Å². The molecule has 2 N–H and O–H groups in total. The minimum atomic E-state index is -4.70. The highest BCUT2D eigenvalue weighted by molar-refractivity contribution is 6.06. The minimum absolute atomic E-state index is 0.111. The summed E-state index contributed by atoms with van der Waals surface area (Å²) in [5.41, 5.74) is -1.30. The van der Waals surface area contributed by atoms with Gasteiger partial charge in [0, 0.05) is 24.1 Å². The van der Waals surface area contributed by atoms with Crippen molar-refractivity contribution >= 4 is 23.2 Å². The number of carbonyl (C=O) groups is 2. The summed E-state index contributed by atoms with van der Waals surface area (Å²) in [5.74, 6) is -1.25. The zero-order chi connectivity index (χ0) is 21.0. The Bertz CT molecular complexity index is 912. The van der Waals surface area contributed by atoms with Gasteiger partial charge in [-0.2, -0.15) is 13.2 Å². The van der Waals surface area contributed by atoms with Gasteiger partial charge in [0.1, 0.15) is 11.8 Å². The van der Waals surface area contributed by atoms with Gasteiger partial charge in [-0.25, -0.2) is 4.98 Å². The Morgan fingerprint density at radius 3 is 2.69 bits per heavy atom. The van der Waals surface area contributed by atoms with E-state index in [4.69, 9.17) is 9.47 Å². The highest BCUT2D eigenvalue weighted by Crippen LogP contribution is 2.33. The van der Waals surface area contributed by atoms with E-state index in [0.29, 0.717) is 25.5 Å². The van der Waals surface area contributed by atoms with Gasteiger partial charge in [-0.05, 0) is 43.2 Å². The predicted octanol–water partition coefficient (Wildman–Crippen LogP) is 3.48. The second-order valence-corrected chi connectivity index (χ2v) is 6.30. The first-order valence-electron chi connectivity index (χ1n) is 8.73. The Balaban J connectivity index is 1.88. The number of rotatable bonds is 5. The third-order valence-corrected chi connectivity index (χ3v) is 4.22. The predicted molar refractivity (Wildman–Crippen MR) is 97.8 cm³/mol.